The van der Waals surface area contributed by atoms with Crippen molar-refractivity contribution in [1.82, 2.24) is 4.31 Å². The van der Waals surface area contributed by atoms with E-state index in [1.54, 1.807) is 7.05 Å². The summed E-state index contributed by atoms with van der Waals surface area (Å²) >= 11 is 0. The van der Waals surface area contributed by atoms with Crippen LogP contribution < -0.4 is 5.32 Å². The molecule has 1 N–H and O–H groups in total. The van der Waals surface area contributed by atoms with Gasteiger partial charge in [0, 0.05) is 31.5 Å². The average Bonchev–Trinajstić information content (AvgIpc) is 3.16. The number of amides is 1. The molecule has 2 aromatic rings. The minimum Gasteiger partial charge on any atom is -0.377 e. The molecule has 1 fully saturated rings. The van der Waals surface area contributed by atoms with E-state index >= 15 is 0 Å². The summed E-state index contributed by atoms with van der Waals surface area (Å²) < 4.78 is 32.2. The van der Waals surface area contributed by atoms with Gasteiger partial charge in [0.1, 0.15) is 0 Å². The van der Waals surface area contributed by atoms with Crippen molar-refractivity contribution in [1.29, 1.82) is 0 Å². The van der Waals surface area contributed by atoms with Crippen LogP contribution in [0, 0.1) is 6.92 Å². The normalized spacial score (nSPS) is 17.2. The number of sulfonamides is 1. The topological polar surface area (TPSA) is 75.7 Å². The Balaban J connectivity index is 1.70. The third-order valence-corrected chi connectivity index (χ3v) is 6.54. The smallest absolute Gasteiger partial charge is 0.255 e. The van der Waals surface area contributed by atoms with Crippen LogP contribution in [0.15, 0.2) is 53.4 Å². The average molecular weight is 388 g/mol. The number of aryl methyl sites for hydroxylation is 1. The molecule has 3 rings (SSSR count). The number of carbonyl (C=O) groups excluding carboxylic acids is 1. The van der Waals surface area contributed by atoms with Gasteiger partial charge in [0.15, 0.2) is 0 Å². The van der Waals surface area contributed by atoms with Crippen LogP contribution in [-0.4, -0.2) is 44.9 Å². The zero-order chi connectivity index (χ0) is 19.4. The van der Waals surface area contributed by atoms with Gasteiger partial charge < -0.3 is 10.1 Å². The van der Waals surface area contributed by atoms with E-state index in [0.717, 1.165) is 24.1 Å². The van der Waals surface area contributed by atoms with Crippen LogP contribution in [0.2, 0.25) is 0 Å². The Kier molecular flexibility index (Phi) is 5.94. The summed E-state index contributed by atoms with van der Waals surface area (Å²) in [4.78, 5) is 12.6. The monoisotopic (exact) mass is 388 g/mol. The molecule has 0 aliphatic carbocycles. The molecule has 27 heavy (non-hydrogen) atoms. The molecule has 0 aromatic heterocycles. The maximum atomic E-state index is 12.7. The molecule has 1 unspecified atom stereocenters. The number of hydrogen-bond acceptors (Lipinski definition) is 4. The SMILES string of the molecule is Cc1ccccc1NC(=O)c1ccc(S(=O)(=O)N(C)CC2CCCO2)cc1. The fourth-order valence-electron chi connectivity index (χ4n) is 3.04. The molecule has 2 aromatic carbocycles. The summed E-state index contributed by atoms with van der Waals surface area (Å²) in [6.45, 7) is 2.93. The van der Waals surface area contributed by atoms with Crippen molar-refractivity contribution >= 4 is 21.6 Å². The van der Waals surface area contributed by atoms with Gasteiger partial charge >= 0.3 is 0 Å². The highest BCUT2D eigenvalue weighted by Crippen LogP contribution is 2.20. The van der Waals surface area contributed by atoms with Gasteiger partial charge in [-0.2, -0.15) is 4.31 Å². The van der Waals surface area contributed by atoms with Gasteiger partial charge in [-0.05, 0) is 55.7 Å². The Morgan fingerprint density at radius 1 is 1.19 bits per heavy atom. The van der Waals surface area contributed by atoms with Crippen LogP contribution in [0.1, 0.15) is 28.8 Å². The van der Waals surface area contributed by atoms with Gasteiger partial charge in [0.05, 0.1) is 11.0 Å². The van der Waals surface area contributed by atoms with E-state index in [4.69, 9.17) is 4.74 Å². The van der Waals surface area contributed by atoms with Crippen LogP contribution in [0.5, 0.6) is 0 Å². The number of benzene rings is 2. The Morgan fingerprint density at radius 3 is 2.52 bits per heavy atom. The van der Waals surface area contributed by atoms with Crippen molar-refractivity contribution in [3.05, 3.63) is 59.7 Å². The second-order valence-corrected chi connectivity index (χ2v) is 8.76. The lowest BCUT2D eigenvalue weighted by Gasteiger charge is -2.20. The maximum Gasteiger partial charge on any atom is 0.255 e. The first kappa shape index (κ1) is 19.5. The minimum atomic E-state index is -3.61. The summed E-state index contributed by atoms with van der Waals surface area (Å²) in [5, 5.41) is 2.84. The highest BCUT2D eigenvalue weighted by Gasteiger charge is 2.26. The summed E-state index contributed by atoms with van der Waals surface area (Å²) in [7, 11) is -2.06. The molecule has 1 atom stereocenters. The molecule has 0 spiro atoms. The third kappa shape index (κ3) is 4.55. The molecular formula is C20H24N2O4S. The number of nitrogens with one attached hydrogen (secondary N) is 1. The summed E-state index contributed by atoms with van der Waals surface area (Å²) in [5.41, 5.74) is 2.09. The standard InChI is InChI=1S/C20H24N2O4S/c1-15-6-3-4-8-19(15)21-20(23)16-9-11-18(12-10-16)27(24,25)22(2)14-17-7-5-13-26-17/h3-4,6,8-12,17H,5,7,13-14H2,1-2H3,(H,21,23). The first-order valence-electron chi connectivity index (χ1n) is 8.93. The van der Waals surface area contributed by atoms with Gasteiger partial charge in [-0.15, -0.1) is 0 Å². The van der Waals surface area contributed by atoms with E-state index in [1.807, 2.05) is 31.2 Å². The molecule has 1 heterocycles. The predicted molar refractivity (Wildman–Crippen MR) is 104 cm³/mol. The Labute approximate surface area is 160 Å². The number of likely N-dealkylation sites (N-methyl/N-ethyl adjacent to an activating group) is 1. The highest BCUT2D eigenvalue weighted by molar-refractivity contribution is 7.89. The third-order valence-electron chi connectivity index (χ3n) is 4.70. The first-order chi connectivity index (χ1) is 12.9. The molecular weight excluding hydrogens is 364 g/mol. The minimum absolute atomic E-state index is 0.0519. The fraction of sp³-hybridized carbons (Fsp3) is 0.350. The summed E-state index contributed by atoms with van der Waals surface area (Å²) in [6.07, 6.45) is 1.78. The predicted octanol–water partition coefficient (Wildman–Crippen LogP) is 3.05. The molecule has 0 saturated carbocycles. The number of anilines is 1. The van der Waals surface area contributed by atoms with Crippen molar-refractivity contribution < 1.29 is 17.9 Å². The van der Waals surface area contributed by atoms with Crippen LogP contribution in [0.25, 0.3) is 0 Å². The lowest BCUT2D eigenvalue weighted by Crippen LogP contribution is -2.34. The molecule has 0 bridgehead atoms. The maximum absolute atomic E-state index is 12.7. The second kappa shape index (κ2) is 8.21. The highest BCUT2D eigenvalue weighted by atomic mass is 32.2. The number of ether oxygens (including phenoxy) is 1. The van der Waals surface area contributed by atoms with Crippen molar-refractivity contribution in [2.45, 2.75) is 30.8 Å². The van der Waals surface area contributed by atoms with Crippen LogP contribution >= 0.6 is 0 Å². The van der Waals surface area contributed by atoms with E-state index in [-0.39, 0.29) is 16.9 Å². The molecule has 1 aliphatic rings. The zero-order valence-corrected chi connectivity index (χ0v) is 16.3. The van der Waals surface area contributed by atoms with E-state index < -0.39 is 10.0 Å². The van der Waals surface area contributed by atoms with Crippen molar-refractivity contribution in [3.8, 4) is 0 Å². The van der Waals surface area contributed by atoms with Gasteiger partial charge in [0.2, 0.25) is 10.0 Å². The largest absolute Gasteiger partial charge is 0.377 e. The molecule has 0 radical (unpaired) electrons. The lowest BCUT2D eigenvalue weighted by molar-refractivity contribution is 0.0979. The number of hydrogen-bond donors (Lipinski definition) is 1. The van der Waals surface area contributed by atoms with Gasteiger partial charge in [0.25, 0.3) is 5.91 Å². The van der Waals surface area contributed by atoms with Crippen molar-refractivity contribution in [2.75, 3.05) is 25.5 Å². The Bertz CT molecular complexity index is 904. The van der Waals surface area contributed by atoms with E-state index in [1.165, 1.54) is 28.6 Å². The first-order valence-corrected chi connectivity index (χ1v) is 10.4. The summed E-state index contributed by atoms with van der Waals surface area (Å²) in [5.74, 6) is -0.277. The van der Waals surface area contributed by atoms with Crippen molar-refractivity contribution in [2.24, 2.45) is 0 Å². The molecule has 7 heteroatoms. The zero-order valence-electron chi connectivity index (χ0n) is 15.5. The van der Waals surface area contributed by atoms with Gasteiger partial charge in [-0.1, -0.05) is 18.2 Å². The van der Waals surface area contributed by atoms with Gasteiger partial charge in [-0.25, -0.2) is 8.42 Å². The molecule has 1 saturated heterocycles. The molecule has 144 valence electrons. The molecule has 1 amide bonds. The van der Waals surface area contributed by atoms with Gasteiger partial charge in [-0.3, -0.25) is 4.79 Å². The summed E-state index contributed by atoms with van der Waals surface area (Å²) in [6, 6.07) is 13.5. The van der Waals surface area contributed by atoms with Crippen LogP contribution in [0.3, 0.4) is 0 Å². The van der Waals surface area contributed by atoms with Crippen LogP contribution in [-0.2, 0) is 14.8 Å². The lowest BCUT2D eigenvalue weighted by atomic mass is 10.1. The Morgan fingerprint density at radius 2 is 1.89 bits per heavy atom. The quantitative estimate of drug-likeness (QED) is 0.825. The number of carbonyl (C=O) groups is 1. The van der Waals surface area contributed by atoms with E-state index in [9.17, 15) is 13.2 Å². The van der Waals surface area contributed by atoms with E-state index in [2.05, 4.69) is 5.32 Å². The number of nitrogens with zero attached hydrogens (tertiary/aromatic N) is 1. The number of para-hydroxylation sites is 1. The molecule has 6 nitrogen and oxygen atoms in total. The van der Waals surface area contributed by atoms with E-state index in [0.29, 0.717) is 18.7 Å². The number of rotatable bonds is 6. The fourth-order valence-corrected chi connectivity index (χ4v) is 4.24. The Hall–Kier alpha value is -2.22. The van der Waals surface area contributed by atoms with Crippen LogP contribution in [0.4, 0.5) is 5.69 Å². The second-order valence-electron chi connectivity index (χ2n) is 6.71. The molecule has 1 aliphatic heterocycles. The van der Waals surface area contributed by atoms with Crippen molar-refractivity contribution in [3.63, 3.8) is 0 Å².